The third-order valence-corrected chi connectivity index (χ3v) is 4.05. The van der Waals surface area contributed by atoms with E-state index in [1.165, 1.54) is 25.7 Å². The largest absolute Gasteiger partial charge is 0.465 e. The quantitative estimate of drug-likeness (QED) is 0.592. The summed E-state index contributed by atoms with van der Waals surface area (Å²) in [5.41, 5.74) is -0.551. The van der Waals surface area contributed by atoms with E-state index in [-0.39, 0.29) is 5.97 Å². The predicted octanol–water partition coefficient (Wildman–Crippen LogP) is 2.57. The van der Waals surface area contributed by atoms with E-state index in [4.69, 9.17) is 4.74 Å². The Morgan fingerprint density at radius 2 is 2.00 bits per heavy atom. The fourth-order valence-corrected chi connectivity index (χ4v) is 2.59. The summed E-state index contributed by atoms with van der Waals surface area (Å²) in [4.78, 5) is 14.7. The summed E-state index contributed by atoms with van der Waals surface area (Å²) in [7, 11) is 0. The van der Waals surface area contributed by atoms with Gasteiger partial charge in [-0.3, -0.25) is 4.79 Å². The minimum Gasteiger partial charge on any atom is -0.465 e. The first-order chi connectivity index (χ1) is 9.57. The number of hydrogen-bond donors (Lipinski definition) is 1. The molecule has 0 saturated heterocycles. The first-order valence-electron chi connectivity index (χ1n) is 8.23. The van der Waals surface area contributed by atoms with Crippen molar-refractivity contribution in [2.24, 2.45) is 0 Å². The van der Waals surface area contributed by atoms with E-state index in [0.717, 1.165) is 32.1 Å². The van der Waals surface area contributed by atoms with E-state index in [1.54, 1.807) is 0 Å². The summed E-state index contributed by atoms with van der Waals surface area (Å²) in [5.74, 6) is -0.118. The van der Waals surface area contributed by atoms with E-state index in [9.17, 15) is 4.79 Å². The Labute approximate surface area is 124 Å². The minimum absolute atomic E-state index is 0.118. The van der Waals surface area contributed by atoms with Crippen molar-refractivity contribution in [1.82, 2.24) is 10.2 Å². The molecule has 0 aromatic rings. The molecule has 0 radical (unpaired) electrons. The van der Waals surface area contributed by atoms with Crippen molar-refractivity contribution in [3.63, 3.8) is 0 Å². The van der Waals surface area contributed by atoms with Gasteiger partial charge in [-0.2, -0.15) is 0 Å². The number of carbonyl (C=O) groups excluding carboxylic acids is 1. The standard InChI is InChI=1S/C16H32N2O2/c1-5-8-12-18(14-9-10-14)13-11-16(4,17-6-2)15(19)20-7-3/h14,17H,5-13H2,1-4H3. The van der Waals surface area contributed by atoms with Gasteiger partial charge in [0.2, 0.25) is 0 Å². The summed E-state index contributed by atoms with van der Waals surface area (Å²) in [6.45, 7) is 11.5. The van der Waals surface area contributed by atoms with E-state index < -0.39 is 5.54 Å². The van der Waals surface area contributed by atoms with Crippen molar-refractivity contribution in [2.45, 2.75) is 71.4 Å². The van der Waals surface area contributed by atoms with Crippen LogP contribution >= 0.6 is 0 Å². The van der Waals surface area contributed by atoms with E-state index in [1.807, 2.05) is 20.8 Å². The second-order valence-electron chi connectivity index (χ2n) is 5.95. The van der Waals surface area contributed by atoms with Gasteiger partial charge in [-0.1, -0.05) is 20.3 Å². The number of rotatable bonds is 11. The van der Waals surface area contributed by atoms with Crippen LogP contribution in [0.1, 0.15) is 59.8 Å². The summed E-state index contributed by atoms with van der Waals surface area (Å²) in [6.07, 6.45) is 5.93. The van der Waals surface area contributed by atoms with Crippen molar-refractivity contribution < 1.29 is 9.53 Å². The lowest BCUT2D eigenvalue weighted by Gasteiger charge is -2.31. The molecule has 1 aliphatic carbocycles. The Hall–Kier alpha value is -0.610. The van der Waals surface area contributed by atoms with Gasteiger partial charge in [0.15, 0.2) is 0 Å². The first-order valence-corrected chi connectivity index (χ1v) is 8.23. The molecule has 1 saturated carbocycles. The second-order valence-corrected chi connectivity index (χ2v) is 5.95. The third kappa shape index (κ3) is 5.41. The molecule has 118 valence electrons. The monoisotopic (exact) mass is 284 g/mol. The zero-order chi connectivity index (χ0) is 15.0. The minimum atomic E-state index is -0.551. The Bertz CT molecular complexity index is 292. The predicted molar refractivity (Wildman–Crippen MR) is 82.8 cm³/mol. The summed E-state index contributed by atoms with van der Waals surface area (Å²) < 4.78 is 5.23. The molecular weight excluding hydrogens is 252 g/mol. The molecule has 0 heterocycles. The van der Waals surface area contributed by atoms with Crippen LogP contribution in [0.5, 0.6) is 0 Å². The molecule has 1 aliphatic rings. The van der Waals surface area contributed by atoms with Gasteiger partial charge in [-0.25, -0.2) is 0 Å². The zero-order valence-corrected chi connectivity index (χ0v) is 13.7. The van der Waals surface area contributed by atoms with Gasteiger partial charge < -0.3 is 15.0 Å². The molecule has 1 N–H and O–H groups in total. The van der Waals surface area contributed by atoms with Crippen LogP contribution in [0.3, 0.4) is 0 Å². The number of nitrogens with zero attached hydrogens (tertiary/aromatic N) is 1. The highest BCUT2D eigenvalue weighted by Gasteiger charge is 2.36. The third-order valence-electron chi connectivity index (χ3n) is 4.05. The number of unbranched alkanes of at least 4 members (excludes halogenated alkanes) is 1. The molecule has 0 amide bonds. The molecule has 4 nitrogen and oxygen atoms in total. The maximum atomic E-state index is 12.2. The number of likely N-dealkylation sites (N-methyl/N-ethyl adjacent to an activating group) is 1. The average molecular weight is 284 g/mol. The Balaban J connectivity index is 2.52. The van der Waals surface area contributed by atoms with Gasteiger partial charge in [0, 0.05) is 12.6 Å². The highest BCUT2D eigenvalue weighted by Crippen LogP contribution is 2.28. The number of esters is 1. The molecule has 0 aromatic carbocycles. The highest BCUT2D eigenvalue weighted by atomic mass is 16.5. The topological polar surface area (TPSA) is 41.6 Å². The van der Waals surface area contributed by atoms with Crippen molar-refractivity contribution >= 4 is 5.97 Å². The number of ether oxygens (including phenoxy) is 1. The van der Waals surface area contributed by atoms with Gasteiger partial charge in [-0.05, 0) is 52.6 Å². The first kappa shape index (κ1) is 17.4. The zero-order valence-electron chi connectivity index (χ0n) is 13.7. The van der Waals surface area contributed by atoms with Gasteiger partial charge in [0.25, 0.3) is 0 Å². The van der Waals surface area contributed by atoms with Crippen LogP contribution in [0.15, 0.2) is 0 Å². The SMILES string of the molecule is CCCCN(CCC(C)(NCC)C(=O)OCC)C1CC1. The van der Waals surface area contributed by atoms with Crippen molar-refractivity contribution in [3.8, 4) is 0 Å². The van der Waals surface area contributed by atoms with Crippen LogP contribution < -0.4 is 5.32 Å². The fourth-order valence-electron chi connectivity index (χ4n) is 2.59. The van der Waals surface area contributed by atoms with Crippen molar-refractivity contribution in [2.75, 3.05) is 26.2 Å². The molecule has 0 bridgehead atoms. The molecular formula is C16H32N2O2. The lowest BCUT2D eigenvalue weighted by atomic mass is 9.97. The molecule has 1 fully saturated rings. The van der Waals surface area contributed by atoms with Gasteiger partial charge in [0.1, 0.15) is 5.54 Å². The van der Waals surface area contributed by atoms with Gasteiger partial charge >= 0.3 is 5.97 Å². The molecule has 0 spiro atoms. The molecule has 0 aromatic heterocycles. The van der Waals surface area contributed by atoms with Crippen LogP contribution in [-0.2, 0) is 9.53 Å². The summed E-state index contributed by atoms with van der Waals surface area (Å²) in [5, 5.41) is 3.31. The number of carbonyl (C=O) groups is 1. The fraction of sp³-hybridized carbons (Fsp3) is 0.938. The average Bonchev–Trinajstić information content (AvgIpc) is 3.24. The van der Waals surface area contributed by atoms with Crippen LogP contribution in [0.2, 0.25) is 0 Å². The molecule has 4 heteroatoms. The van der Waals surface area contributed by atoms with Gasteiger partial charge in [0.05, 0.1) is 6.61 Å². The van der Waals surface area contributed by atoms with E-state index in [2.05, 4.69) is 17.1 Å². The van der Waals surface area contributed by atoms with Crippen LogP contribution in [0.4, 0.5) is 0 Å². The Kier molecular flexibility index (Phi) is 7.52. The molecule has 1 unspecified atom stereocenters. The van der Waals surface area contributed by atoms with Crippen molar-refractivity contribution in [3.05, 3.63) is 0 Å². The Morgan fingerprint density at radius 3 is 2.50 bits per heavy atom. The van der Waals surface area contributed by atoms with Crippen LogP contribution in [0.25, 0.3) is 0 Å². The number of hydrogen-bond acceptors (Lipinski definition) is 4. The maximum Gasteiger partial charge on any atom is 0.326 e. The normalized spacial score (nSPS) is 18.1. The lowest BCUT2D eigenvalue weighted by molar-refractivity contribution is -0.151. The molecule has 20 heavy (non-hydrogen) atoms. The summed E-state index contributed by atoms with van der Waals surface area (Å²) >= 11 is 0. The van der Waals surface area contributed by atoms with Crippen LogP contribution in [0, 0.1) is 0 Å². The van der Waals surface area contributed by atoms with Gasteiger partial charge in [-0.15, -0.1) is 0 Å². The van der Waals surface area contributed by atoms with Crippen LogP contribution in [-0.4, -0.2) is 48.7 Å². The van der Waals surface area contributed by atoms with Crippen molar-refractivity contribution in [1.29, 1.82) is 0 Å². The maximum absolute atomic E-state index is 12.2. The van der Waals surface area contributed by atoms with E-state index >= 15 is 0 Å². The molecule has 1 atom stereocenters. The molecule has 1 rings (SSSR count). The smallest absolute Gasteiger partial charge is 0.326 e. The second kappa shape index (κ2) is 8.63. The highest BCUT2D eigenvalue weighted by molar-refractivity contribution is 5.80. The Morgan fingerprint density at radius 1 is 1.30 bits per heavy atom. The number of nitrogens with one attached hydrogen (secondary N) is 1. The summed E-state index contributed by atoms with van der Waals surface area (Å²) in [6, 6.07) is 0.759. The lowest BCUT2D eigenvalue weighted by Crippen LogP contribution is -2.52. The molecule has 0 aliphatic heterocycles. The van der Waals surface area contributed by atoms with E-state index in [0.29, 0.717) is 6.61 Å².